The minimum Gasteiger partial charge on any atom is -0.449 e. The molecule has 0 radical (unpaired) electrons. The lowest BCUT2D eigenvalue weighted by molar-refractivity contribution is -0.144. The molecule has 0 saturated heterocycles. The van der Waals surface area contributed by atoms with E-state index in [4.69, 9.17) is 21.6 Å². The summed E-state index contributed by atoms with van der Waals surface area (Å²) in [5.74, 6) is -1.09. The average molecular weight is 382 g/mol. The van der Waals surface area contributed by atoms with Crippen molar-refractivity contribution in [1.29, 1.82) is 5.26 Å². The minimum atomic E-state index is -0.930. The largest absolute Gasteiger partial charge is 0.449 e. The Balaban J connectivity index is 1.82. The van der Waals surface area contributed by atoms with E-state index in [2.05, 4.69) is 10.3 Å². The fourth-order valence-corrected chi connectivity index (χ4v) is 2.89. The maximum atomic E-state index is 12.5. The number of nitrogens with zero attached hydrogens (tertiary/aromatic N) is 1. The lowest BCUT2D eigenvalue weighted by Crippen LogP contribution is -2.43. The molecule has 0 bridgehead atoms. The normalized spacial score (nSPS) is 11.6. The topological polar surface area (TPSA) is 95.0 Å². The van der Waals surface area contributed by atoms with Crippen molar-refractivity contribution in [2.24, 2.45) is 0 Å². The Morgan fingerprint density at radius 1 is 1.19 bits per heavy atom. The maximum Gasteiger partial charge on any atom is 0.330 e. The van der Waals surface area contributed by atoms with E-state index in [-0.39, 0.29) is 13.0 Å². The zero-order valence-corrected chi connectivity index (χ0v) is 15.0. The molecule has 2 N–H and O–H groups in total. The number of halogens is 1. The standard InChI is InChI=1S/C20H16ClN3O3/c21-15-7-5-13(6-8-15)19(25)24-18(20(26)27-10-9-22)11-14-12-23-17-4-2-1-3-16(14)17/h1-8,12,18,23H,10-11H2,(H,24,25). The van der Waals surface area contributed by atoms with Gasteiger partial charge in [-0.25, -0.2) is 4.79 Å². The molecule has 1 amide bonds. The van der Waals surface area contributed by atoms with Gasteiger partial charge in [-0.05, 0) is 35.9 Å². The van der Waals surface area contributed by atoms with Gasteiger partial charge in [0.1, 0.15) is 12.1 Å². The van der Waals surface area contributed by atoms with Crippen molar-refractivity contribution in [3.05, 3.63) is 70.9 Å². The van der Waals surface area contributed by atoms with E-state index in [1.165, 1.54) is 0 Å². The second-order valence-corrected chi connectivity index (χ2v) is 6.30. The Morgan fingerprint density at radius 3 is 2.67 bits per heavy atom. The van der Waals surface area contributed by atoms with Crippen molar-refractivity contribution < 1.29 is 14.3 Å². The van der Waals surface area contributed by atoms with Crippen LogP contribution in [0.25, 0.3) is 10.9 Å². The van der Waals surface area contributed by atoms with Crippen LogP contribution in [-0.2, 0) is 16.0 Å². The summed E-state index contributed by atoms with van der Waals surface area (Å²) in [4.78, 5) is 28.0. The zero-order valence-electron chi connectivity index (χ0n) is 14.2. The van der Waals surface area contributed by atoms with Crippen LogP contribution < -0.4 is 5.32 Å². The number of amides is 1. The molecule has 136 valence electrons. The first-order valence-corrected chi connectivity index (χ1v) is 8.61. The van der Waals surface area contributed by atoms with Gasteiger partial charge < -0.3 is 15.0 Å². The summed E-state index contributed by atoms with van der Waals surface area (Å²) in [5, 5.41) is 12.8. The predicted molar refractivity (Wildman–Crippen MR) is 101 cm³/mol. The number of carbonyl (C=O) groups is 2. The van der Waals surface area contributed by atoms with Crippen LogP contribution in [0.1, 0.15) is 15.9 Å². The molecular weight excluding hydrogens is 366 g/mol. The van der Waals surface area contributed by atoms with E-state index in [0.29, 0.717) is 10.6 Å². The summed E-state index contributed by atoms with van der Waals surface area (Å²) in [6.45, 7) is -0.375. The van der Waals surface area contributed by atoms with E-state index < -0.39 is 17.9 Å². The molecule has 1 unspecified atom stereocenters. The highest BCUT2D eigenvalue weighted by molar-refractivity contribution is 6.30. The highest BCUT2D eigenvalue weighted by atomic mass is 35.5. The highest BCUT2D eigenvalue weighted by Crippen LogP contribution is 2.19. The number of carbonyl (C=O) groups excluding carboxylic acids is 2. The summed E-state index contributed by atoms with van der Waals surface area (Å²) in [5.41, 5.74) is 2.16. The van der Waals surface area contributed by atoms with Gasteiger partial charge in [0.05, 0.1) is 0 Å². The molecule has 3 rings (SSSR count). The van der Waals surface area contributed by atoms with Gasteiger partial charge in [0.15, 0.2) is 6.61 Å². The smallest absolute Gasteiger partial charge is 0.330 e. The Kier molecular flexibility index (Phi) is 5.74. The second-order valence-electron chi connectivity index (χ2n) is 5.86. The molecule has 0 aliphatic heterocycles. The Hall–Kier alpha value is -3.30. The number of ether oxygens (including phenoxy) is 1. The first-order chi connectivity index (χ1) is 13.1. The molecule has 27 heavy (non-hydrogen) atoms. The van der Waals surface area contributed by atoms with Crippen LogP contribution in [0.3, 0.4) is 0 Å². The molecule has 0 spiro atoms. The number of aromatic nitrogens is 1. The Bertz CT molecular complexity index is 1010. The van der Waals surface area contributed by atoms with Crippen molar-refractivity contribution in [2.45, 2.75) is 12.5 Å². The number of nitriles is 1. The van der Waals surface area contributed by atoms with Crippen LogP contribution >= 0.6 is 11.6 Å². The van der Waals surface area contributed by atoms with Crippen LogP contribution in [0.15, 0.2) is 54.7 Å². The number of para-hydroxylation sites is 1. The lowest BCUT2D eigenvalue weighted by Gasteiger charge is -2.17. The number of H-pyrrole nitrogens is 1. The summed E-state index contributed by atoms with van der Waals surface area (Å²) in [6, 6.07) is 14.8. The van der Waals surface area contributed by atoms with Gasteiger partial charge in [-0.1, -0.05) is 29.8 Å². The van der Waals surface area contributed by atoms with E-state index in [1.54, 1.807) is 36.5 Å². The first-order valence-electron chi connectivity index (χ1n) is 8.23. The number of fused-ring (bicyclic) bond motifs is 1. The van der Waals surface area contributed by atoms with Gasteiger partial charge in [0.25, 0.3) is 5.91 Å². The van der Waals surface area contributed by atoms with E-state index in [1.807, 2.05) is 24.3 Å². The molecule has 1 atom stereocenters. The number of benzene rings is 2. The Morgan fingerprint density at radius 2 is 1.93 bits per heavy atom. The van der Waals surface area contributed by atoms with Crippen LogP contribution in [0.2, 0.25) is 5.02 Å². The molecule has 1 heterocycles. The SMILES string of the molecule is N#CCOC(=O)C(Cc1c[nH]c2ccccc12)NC(=O)c1ccc(Cl)cc1. The maximum absolute atomic E-state index is 12.5. The van der Waals surface area contributed by atoms with Gasteiger partial charge in [-0.2, -0.15) is 5.26 Å². The summed E-state index contributed by atoms with van der Waals surface area (Å²) < 4.78 is 4.92. The molecule has 0 fully saturated rings. The van der Waals surface area contributed by atoms with Crippen molar-refractivity contribution in [3.63, 3.8) is 0 Å². The molecule has 0 aliphatic carbocycles. The van der Waals surface area contributed by atoms with Crippen molar-refractivity contribution in [2.75, 3.05) is 6.61 Å². The lowest BCUT2D eigenvalue weighted by atomic mass is 10.0. The van der Waals surface area contributed by atoms with Crippen molar-refractivity contribution >= 4 is 34.4 Å². The molecule has 7 heteroatoms. The van der Waals surface area contributed by atoms with E-state index in [9.17, 15) is 9.59 Å². The van der Waals surface area contributed by atoms with Crippen molar-refractivity contribution in [3.8, 4) is 6.07 Å². The van der Waals surface area contributed by atoms with Crippen LogP contribution in [0, 0.1) is 11.3 Å². The molecular formula is C20H16ClN3O3. The molecule has 0 saturated carbocycles. The summed E-state index contributed by atoms with van der Waals surface area (Å²) in [6.07, 6.45) is 2.03. The molecule has 2 aromatic carbocycles. The highest BCUT2D eigenvalue weighted by Gasteiger charge is 2.24. The van der Waals surface area contributed by atoms with Crippen LogP contribution in [0.5, 0.6) is 0 Å². The average Bonchev–Trinajstić information content (AvgIpc) is 3.09. The third-order valence-corrected chi connectivity index (χ3v) is 4.33. The van der Waals surface area contributed by atoms with Gasteiger partial charge in [-0.15, -0.1) is 0 Å². The Labute approximate surface area is 160 Å². The second kappa shape index (κ2) is 8.39. The third kappa shape index (κ3) is 4.46. The number of aromatic amines is 1. The monoisotopic (exact) mass is 381 g/mol. The van der Waals surface area contributed by atoms with Crippen LogP contribution in [0.4, 0.5) is 0 Å². The molecule has 6 nitrogen and oxygen atoms in total. The number of hydrogen-bond donors (Lipinski definition) is 2. The fraction of sp³-hybridized carbons (Fsp3) is 0.150. The minimum absolute atomic E-state index is 0.230. The number of esters is 1. The quantitative estimate of drug-likeness (QED) is 0.641. The third-order valence-electron chi connectivity index (χ3n) is 4.07. The molecule has 0 aliphatic rings. The first kappa shape index (κ1) is 18.5. The number of nitrogens with one attached hydrogen (secondary N) is 2. The summed E-state index contributed by atoms with van der Waals surface area (Å²) in [7, 11) is 0. The summed E-state index contributed by atoms with van der Waals surface area (Å²) >= 11 is 5.84. The van der Waals surface area contributed by atoms with Gasteiger partial charge in [0, 0.05) is 34.1 Å². The molecule has 3 aromatic rings. The predicted octanol–water partition coefficient (Wildman–Crippen LogP) is 3.23. The van der Waals surface area contributed by atoms with Crippen LogP contribution in [-0.4, -0.2) is 29.5 Å². The zero-order chi connectivity index (χ0) is 19.2. The number of rotatable bonds is 6. The fourth-order valence-electron chi connectivity index (χ4n) is 2.76. The van der Waals surface area contributed by atoms with Gasteiger partial charge in [-0.3, -0.25) is 4.79 Å². The van der Waals surface area contributed by atoms with Gasteiger partial charge in [0.2, 0.25) is 0 Å². The van der Waals surface area contributed by atoms with E-state index in [0.717, 1.165) is 16.5 Å². The van der Waals surface area contributed by atoms with Crippen molar-refractivity contribution in [1.82, 2.24) is 10.3 Å². The van der Waals surface area contributed by atoms with E-state index >= 15 is 0 Å². The number of hydrogen-bond acceptors (Lipinski definition) is 4. The molecule has 1 aromatic heterocycles. The van der Waals surface area contributed by atoms with Gasteiger partial charge >= 0.3 is 5.97 Å².